The molecule has 0 aromatic heterocycles. The van der Waals surface area contributed by atoms with Crippen LogP contribution in [0.15, 0.2) is 59.7 Å². The number of benzene rings is 3. The number of anilines is 2. The van der Waals surface area contributed by atoms with Gasteiger partial charge in [0.15, 0.2) is 5.84 Å². The Hall–Kier alpha value is -6.65. The minimum Gasteiger partial charge on any atom is -0.508 e. The monoisotopic (exact) mass is 808 g/mol. The lowest BCUT2D eigenvalue weighted by molar-refractivity contribution is -0.137. The lowest BCUT2D eigenvalue weighted by Crippen LogP contribution is -2.52. The molecule has 3 aromatic carbocycles. The maximum atomic E-state index is 13.6. The number of nitrogens with one attached hydrogen (secondary N) is 4. The van der Waals surface area contributed by atoms with Crippen molar-refractivity contribution in [2.24, 2.45) is 11.0 Å². The molecular weight excluding hydrogens is 761 g/mol. The number of nitrogens with zero attached hydrogens (tertiary/aromatic N) is 4. The molecule has 59 heavy (non-hydrogen) atoms. The average molecular weight is 809 g/mol. The number of carbonyl (C=O) groups is 6. The molecule has 4 aliphatic heterocycles. The summed E-state index contributed by atoms with van der Waals surface area (Å²) in [6.07, 6.45) is 0.839. The molecule has 310 valence electrons. The Morgan fingerprint density at radius 3 is 2.41 bits per heavy atom. The van der Waals surface area contributed by atoms with Crippen molar-refractivity contribution in [1.82, 2.24) is 25.9 Å². The van der Waals surface area contributed by atoms with Crippen LogP contribution in [0.1, 0.15) is 96.2 Å². The van der Waals surface area contributed by atoms with Crippen molar-refractivity contribution in [2.75, 3.05) is 36.5 Å². The number of carbonyl (C=O) groups excluding carboxylic acids is 6. The van der Waals surface area contributed by atoms with E-state index in [9.17, 15) is 39.0 Å². The van der Waals surface area contributed by atoms with Crippen molar-refractivity contribution >= 4 is 52.8 Å². The number of fused-ring (bicyclic) bond motifs is 1. The largest absolute Gasteiger partial charge is 0.508 e. The first kappa shape index (κ1) is 40.5. The number of imide groups is 1. The van der Waals surface area contributed by atoms with Crippen molar-refractivity contribution in [2.45, 2.75) is 77.5 Å². The number of ether oxygens (including phenoxy) is 1. The lowest BCUT2D eigenvalue weighted by Gasteiger charge is -2.32. The van der Waals surface area contributed by atoms with Gasteiger partial charge in [-0.1, -0.05) is 19.9 Å². The SMILES string of the molecule is CCNC(=O)C1NN=C(c2cc(C(C)C)c(O)cc2O)N1c1ccc(C(=O)N2CCC(CCOC(=O)Nc3cccc4c3CN(C3CCC(=O)NC3=O)C4=O)CC2)cc1. The van der Waals surface area contributed by atoms with Crippen LogP contribution in [0.4, 0.5) is 16.2 Å². The van der Waals surface area contributed by atoms with Gasteiger partial charge in [-0.25, -0.2) is 4.79 Å². The summed E-state index contributed by atoms with van der Waals surface area (Å²) in [6, 6.07) is 14.0. The molecule has 0 radical (unpaired) electrons. The smallest absolute Gasteiger partial charge is 0.411 e. The lowest BCUT2D eigenvalue weighted by atomic mass is 9.93. The molecule has 3 aromatic rings. The van der Waals surface area contributed by atoms with Crippen molar-refractivity contribution in [3.8, 4) is 11.5 Å². The van der Waals surface area contributed by atoms with E-state index >= 15 is 0 Å². The highest BCUT2D eigenvalue weighted by Crippen LogP contribution is 2.36. The molecule has 0 aliphatic carbocycles. The molecule has 2 saturated heterocycles. The summed E-state index contributed by atoms with van der Waals surface area (Å²) in [5, 5.41) is 33.5. The molecule has 2 fully saturated rings. The fourth-order valence-corrected chi connectivity index (χ4v) is 8.04. The van der Waals surface area contributed by atoms with E-state index in [-0.39, 0.29) is 78.8 Å². The van der Waals surface area contributed by atoms with Gasteiger partial charge in [0.2, 0.25) is 18.0 Å². The Morgan fingerprint density at radius 2 is 1.71 bits per heavy atom. The van der Waals surface area contributed by atoms with Gasteiger partial charge in [0.25, 0.3) is 17.7 Å². The summed E-state index contributed by atoms with van der Waals surface area (Å²) in [4.78, 5) is 81.5. The molecule has 0 saturated carbocycles. The van der Waals surface area contributed by atoms with Crippen LogP contribution < -0.4 is 26.3 Å². The molecule has 0 spiro atoms. The van der Waals surface area contributed by atoms with Crippen LogP contribution in [0.2, 0.25) is 0 Å². The quantitative estimate of drug-likeness (QED) is 0.153. The summed E-state index contributed by atoms with van der Waals surface area (Å²) in [6.45, 7) is 7.36. The Bertz CT molecular complexity index is 2200. The maximum absolute atomic E-state index is 13.6. The standard InChI is InChI=1S/C42H48N8O9/c1-4-43-39(55)37-47-46-36(29-20-28(23(2)3)33(51)21-34(29)52)50(37)26-10-8-25(9-11-26)40(56)48-17-14-24(15-18-48)16-19-59-42(58)44-31-7-5-6-27-30(31)22-49(41(27)57)32-12-13-35(53)45-38(32)54/h5-11,20-21,23-24,32,37,47,51-52H,4,12-19,22H2,1-3H3,(H,43,55)(H,44,58)(H,45,53,54). The third-order valence-corrected chi connectivity index (χ3v) is 11.3. The van der Waals surface area contributed by atoms with E-state index < -0.39 is 24.2 Å². The van der Waals surface area contributed by atoms with Gasteiger partial charge in [0, 0.05) is 66.7 Å². The first-order valence-corrected chi connectivity index (χ1v) is 19.9. The molecule has 0 bridgehead atoms. The van der Waals surface area contributed by atoms with Gasteiger partial charge in [-0.3, -0.25) is 44.9 Å². The summed E-state index contributed by atoms with van der Waals surface area (Å²) in [5.41, 5.74) is 6.21. The molecule has 17 heteroatoms. The van der Waals surface area contributed by atoms with Gasteiger partial charge < -0.3 is 30.1 Å². The van der Waals surface area contributed by atoms with Crippen molar-refractivity contribution in [3.63, 3.8) is 0 Å². The van der Waals surface area contributed by atoms with E-state index in [4.69, 9.17) is 4.74 Å². The number of phenols is 2. The van der Waals surface area contributed by atoms with Gasteiger partial charge in [0.05, 0.1) is 12.2 Å². The van der Waals surface area contributed by atoms with Crippen molar-refractivity contribution < 1.29 is 43.7 Å². The Labute approximate surface area is 340 Å². The van der Waals surface area contributed by atoms with Crippen LogP contribution in [0.5, 0.6) is 11.5 Å². The topological polar surface area (TPSA) is 222 Å². The summed E-state index contributed by atoms with van der Waals surface area (Å²) in [5.74, 6) is -1.46. The second kappa shape index (κ2) is 17.1. The summed E-state index contributed by atoms with van der Waals surface area (Å²) < 4.78 is 5.51. The van der Waals surface area contributed by atoms with E-state index in [1.54, 1.807) is 65.3 Å². The zero-order valence-electron chi connectivity index (χ0n) is 33.1. The van der Waals surface area contributed by atoms with E-state index in [2.05, 4.69) is 26.5 Å². The number of likely N-dealkylation sites (N-methyl/N-ethyl adjacent to an activating group) is 1. The zero-order chi connectivity index (χ0) is 42.0. The second-order valence-corrected chi connectivity index (χ2v) is 15.4. The van der Waals surface area contributed by atoms with Crippen LogP contribution in [0.3, 0.4) is 0 Å². The number of hydrogen-bond acceptors (Lipinski definition) is 12. The van der Waals surface area contributed by atoms with Crippen LogP contribution in [0.25, 0.3) is 0 Å². The van der Waals surface area contributed by atoms with Crippen LogP contribution in [-0.4, -0.2) is 99.9 Å². The molecule has 4 heterocycles. The third-order valence-electron chi connectivity index (χ3n) is 11.3. The van der Waals surface area contributed by atoms with Crippen LogP contribution in [-0.2, 0) is 25.7 Å². The number of amidine groups is 1. The predicted molar refractivity (Wildman–Crippen MR) is 216 cm³/mol. The fourth-order valence-electron chi connectivity index (χ4n) is 8.04. The number of piperidine rings is 2. The van der Waals surface area contributed by atoms with Crippen LogP contribution in [0, 0.1) is 5.92 Å². The molecule has 2 unspecified atom stereocenters. The normalized spacial score (nSPS) is 19.3. The summed E-state index contributed by atoms with van der Waals surface area (Å²) >= 11 is 0. The Kier molecular flexibility index (Phi) is 11.7. The number of amides is 6. The molecule has 17 nitrogen and oxygen atoms in total. The van der Waals surface area contributed by atoms with Crippen molar-refractivity contribution in [3.05, 3.63) is 82.4 Å². The number of phenolic OH excluding ortho intramolecular Hbond substituents is 2. The maximum Gasteiger partial charge on any atom is 0.411 e. The van der Waals surface area contributed by atoms with E-state index in [0.29, 0.717) is 65.2 Å². The summed E-state index contributed by atoms with van der Waals surface area (Å²) in [7, 11) is 0. The van der Waals surface area contributed by atoms with Crippen molar-refractivity contribution in [1.29, 1.82) is 0 Å². The molecular formula is C42H48N8O9. The number of hydrazone groups is 1. The van der Waals surface area contributed by atoms with E-state index in [1.165, 1.54) is 11.0 Å². The molecule has 7 rings (SSSR count). The molecule has 6 amide bonds. The molecule has 2 atom stereocenters. The molecule has 4 aliphatic rings. The van der Waals surface area contributed by atoms with Gasteiger partial charge in [0.1, 0.15) is 17.5 Å². The second-order valence-electron chi connectivity index (χ2n) is 15.4. The van der Waals surface area contributed by atoms with Gasteiger partial charge >= 0.3 is 6.09 Å². The Balaban J connectivity index is 0.917. The highest BCUT2D eigenvalue weighted by atomic mass is 16.5. The highest BCUT2D eigenvalue weighted by Gasteiger charge is 2.40. The highest BCUT2D eigenvalue weighted by molar-refractivity contribution is 6.16. The average Bonchev–Trinajstić information content (AvgIpc) is 3.80. The van der Waals surface area contributed by atoms with Crippen LogP contribution >= 0.6 is 0 Å². The minimum atomic E-state index is -0.932. The number of aromatic hydroxyl groups is 2. The predicted octanol–water partition coefficient (Wildman–Crippen LogP) is 3.71. The number of hydrogen-bond donors (Lipinski definition) is 6. The fraction of sp³-hybridized carbons (Fsp3) is 0.405. The molecule has 6 N–H and O–H groups in total. The van der Waals surface area contributed by atoms with Gasteiger partial charge in [-0.05, 0) is 92.5 Å². The number of rotatable bonds is 11. The first-order valence-electron chi connectivity index (χ1n) is 19.9. The zero-order valence-corrected chi connectivity index (χ0v) is 33.1. The van der Waals surface area contributed by atoms with Gasteiger partial charge in [-0.2, -0.15) is 5.10 Å². The van der Waals surface area contributed by atoms with Gasteiger partial charge in [-0.15, -0.1) is 0 Å². The van der Waals surface area contributed by atoms with E-state index in [1.807, 2.05) is 13.8 Å². The first-order chi connectivity index (χ1) is 28.3. The number of likely N-dealkylation sites (tertiary alicyclic amines) is 1. The van der Waals surface area contributed by atoms with E-state index in [0.717, 1.165) is 12.8 Å². The Morgan fingerprint density at radius 1 is 0.966 bits per heavy atom. The minimum absolute atomic E-state index is 0.0434. The third kappa shape index (κ3) is 8.35.